The summed E-state index contributed by atoms with van der Waals surface area (Å²) in [5.74, 6) is 0.794. The van der Waals surface area contributed by atoms with Crippen LogP contribution in [0.4, 0.5) is 10.5 Å². The fraction of sp³-hybridized carbons (Fsp3) is 0.350. The Labute approximate surface area is 159 Å². The van der Waals surface area contributed by atoms with Gasteiger partial charge in [0.05, 0.1) is 6.61 Å². The van der Waals surface area contributed by atoms with Gasteiger partial charge in [0, 0.05) is 29.9 Å². The second-order valence-electron chi connectivity index (χ2n) is 5.81. The molecule has 26 heavy (non-hydrogen) atoms. The van der Waals surface area contributed by atoms with Gasteiger partial charge >= 0.3 is 6.03 Å². The maximum Gasteiger partial charge on any atom is 0.319 e. The van der Waals surface area contributed by atoms with E-state index in [0.29, 0.717) is 23.9 Å². The van der Waals surface area contributed by atoms with Crippen LogP contribution in [0.3, 0.4) is 0 Å². The molecule has 5 nitrogen and oxygen atoms in total. The third-order valence-corrected chi connectivity index (χ3v) is 4.21. The Morgan fingerprint density at radius 1 is 1.15 bits per heavy atom. The van der Waals surface area contributed by atoms with Crippen molar-refractivity contribution in [3.8, 4) is 5.75 Å². The molecule has 0 saturated carbocycles. The zero-order valence-corrected chi connectivity index (χ0v) is 15.9. The zero-order valence-electron chi connectivity index (χ0n) is 15.1. The highest BCUT2D eigenvalue weighted by atomic mass is 35.5. The molecular formula is C20H25ClN2O3. The van der Waals surface area contributed by atoms with Crippen molar-refractivity contribution in [2.45, 2.75) is 25.9 Å². The number of ether oxygens (including phenoxy) is 2. The van der Waals surface area contributed by atoms with E-state index in [4.69, 9.17) is 21.1 Å². The SMILES string of the molecule is CCCCOc1ccc(NC(=O)NCC(OC)c2ccccc2Cl)cc1. The molecular weight excluding hydrogens is 352 g/mol. The highest BCUT2D eigenvalue weighted by Gasteiger charge is 2.14. The fourth-order valence-electron chi connectivity index (χ4n) is 2.39. The number of anilines is 1. The average Bonchev–Trinajstić information content (AvgIpc) is 2.65. The first-order valence-electron chi connectivity index (χ1n) is 8.69. The van der Waals surface area contributed by atoms with E-state index in [9.17, 15) is 4.79 Å². The summed E-state index contributed by atoms with van der Waals surface area (Å²) in [5, 5.41) is 6.20. The number of carbonyl (C=O) groups is 1. The van der Waals surface area contributed by atoms with Crippen LogP contribution in [-0.2, 0) is 4.74 Å². The molecule has 1 unspecified atom stereocenters. The molecule has 0 heterocycles. The van der Waals surface area contributed by atoms with Crippen LogP contribution in [0.25, 0.3) is 0 Å². The molecule has 2 rings (SSSR count). The molecule has 0 fully saturated rings. The fourth-order valence-corrected chi connectivity index (χ4v) is 2.64. The third-order valence-electron chi connectivity index (χ3n) is 3.86. The van der Waals surface area contributed by atoms with E-state index < -0.39 is 0 Å². The van der Waals surface area contributed by atoms with Crippen molar-refractivity contribution in [2.75, 3.05) is 25.6 Å². The highest BCUT2D eigenvalue weighted by Crippen LogP contribution is 2.24. The van der Waals surface area contributed by atoms with Crippen molar-refractivity contribution in [1.29, 1.82) is 0 Å². The minimum atomic E-state index is -0.316. The van der Waals surface area contributed by atoms with Crippen LogP contribution in [0, 0.1) is 0 Å². The van der Waals surface area contributed by atoms with E-state index in [2.05, 4.69) is 17.6 Å². The number of hydrogen-bond acceptors (Lipinski definition) is 3. The van der Waals surface area contributed by atoms with Gasteiger partial charge in [0.1, 0.15) is 11.9 Å². The molecule has 0 aliphatic heterocycles. The minimum Gasteiger partial charge on any atom is -0.494 e. The molecule has 2 aromatic carbocycles. The first kappa shape index (κ1) is 20.1. The Bertz CT molecular complexity index is 692. The zero-order chi connectivity index (χ0) is 18.8. The van der Waals surface area contributed by atoms with Crippen molar-refractivity contribution in [3.63, 3.8) is 0 Å². The van der Waals surface area contributed by atoms with Crippen LogP contribution < -0.4 is 15.4 Å². The Morgan fingerprint density at radius 3 is 2.54 bits per heavy atom. The number of halogens is 1. The van der Waals surface area contributed by atoms with Crippen LogP contribution >= 0.6 is 11.6 Å². The lowest BCUT2D eigenvalue weighted by Crippen LogP contribution is -2.33. The Morgan fingerprint density at radius 2 is 1.88 bits per heavy atom. The lowest BCUT2D eigenvalue weighted by molar-refractivity contribution is 0.104. The van der Waals surface area contributed by atoms with Gasteiger partial charge in [0.2, 0.25) is 0 Å². The molecule has 0 bridgehead atoms. The van der Waals surface area contributed by atoms with Crippen LogP contribution in [0.2, 0.25) is 5.02 Å². The summed E-state index contributed by atoms with van der Waals surface area (Å²) >= 11 is 6.18. The molecule has 0 saturated heterocycles. The van der Waals surface area contributed by atoms with Crippen molar-refractivity contribution in [3.05, 3.63) is 59.1 Å². The molecule has 6 heteroatoms. The largest absolute Gasteiger partial charge is 0.494 e. The minimum absolute atomic E-state index is 0.307. The van der Waals surface area contributed by atoms with Gasteiger partial charge in [-0.05, 0) is 36.8 Å². The lowest BCUT2D eigenvalue weighted by atomic mass is 10.1. The predicted octanol–water partition coefficient (Wildman–Crippen LogP) is 5.03. The number of carbonyl (C=O) groups excluding carboxylic acids is 1. The molecule has 0 radical (unpaired) electrons. The number of urea groups is 1. The van der Waals surface area contributed by atoms with Crippen molar-refractivity contribution in [1.82, 2.24) is 5.32 Å². The highest BCUT2D eigenvalue weighted by molar-refractivity contribution is 6.31. The van der Waals surface area contributed by atoms with E-state index in [-0.39, 0.29) is 12.1 Å². The molecule has 0 aliphatic rings. The predicted molar refractivity (Wildman–Crippen MR) is 105 cm³/mol. The Kier molecular flexibility index (Phi) is 8.25. The average molecular weight is 377 g/mol. The maximum atomic E-state index is 12.1. The molecule has 140 valence electrons. The Hall–Kier alpha value is -2.24. The number of unbranched alkanes of at least 4 members (excludes halogenated alkanes) is 1. The normalized spacial score (nSPS) is 11.7. The van der Waals surface area contributed by atoms with Gasteiger partial charge in [-0.25, -0.2) is 4.79 Å². The van der Waals surface area contributed by atoms with Crippen molar-refractivity contribution < 1.29 is 14.3 Å². The molecule has 2 aromatic rings. The summed E-state index contributed by atoms with van der Waals surface area (Å²) in [6, 6.07) is 14.4. The second-order valence-corrected chi connectivity index (χ2v) is 6.21. The van der Waals surface area contributed by atoms with Crippen molar-refractivity contribution >= 4 is 23.3 Å². The quantitative estimate of drug-likeness (QED) is 0.603. The molecule has 2 N–H and O–H groups in total. The number of amides is 2. The van der Waals surface area contributed by atoms with E-state index in [1.807, 2.05) is 42.5 Å². The van der Waals surface area contributed by atoms with E-state index in [1.54, 1.807) is 13.2 Å². The molecule has 2 amide bonds. The first-order chi connectivity index (χ1) is 12.6. The maximum absolute atomic E-state index is 12.1. The topological polar surface area (TPSA) is 59.6 Å². The van der Waals surface area contributed by atoms with Gasteiger partial charge in [-0.2, -0.15) is 0 Å². The van der Waals surface area contributed by atoms with Crippen LogP contribution in [-0.4, -0.2) is 26.3 Å². The standard InChI is InChI=1S/C20H25ClN2O3/c1-3-4-13-26-16-11-9-15(10-12-16)23-20(24)22-14-19(25-2)17-7-5-6-8-18(17)21/h5-12,19H,3-4,13-14H2,1-2H3,(H2,22,23,24). The third kappa shape index (κ3) is 6.24. The number of benzene rings is 2. The summed E-state index contributed by atoms with van der Waals surface area (Å²) in [6.45, 7) is 3.13. The van der Waals surface area contributed by atoms with Crippen LogP contribution in [0.1, 0.15) is 31.4 Å². The van der Waals surface area contributed by atoms with E-state index in [0.717, 1.165) is 24.2 Å². The van der Waals surface area contributed by atoms with Gasteiger partial charge < -0.3 is 20.1 Å². The van der Waals surface area contributed by atoms with Gasteiger partial charge in [-0.3, -0.25) is 0 Å². The summed E-state index contributed by atoms with van der Waals surface area (Å²) in [6.07, 6.45) is 1.80. The summed E-state index contributed by atoms with van der Waals surface area (Å²) in [5.41, 5.74) is 1.53. The van der Waals surface area contributed by atoms with E-state index >= 15 is 0 Å². The number of methoxy groups -OCH3 is 1. The van der Waals surface area contributed by atoms with Gasteiger partial charge in [0.15, 0.2) is 0 Å². The molecule has 1 atom stereocenters. The van der Waals surface area contributed by atoms with Gasteiger partial charge in [0.25, 0.3) is 0 Å². The first-order valence-corrected chi connectivity index (χ1v) is 9.06. The van der Waals surface area contributed by atoms with Crippen molar-refractivity contribution in [2.24, 2.45) is 0 Å². The van der Waals surface area contributed by atoms with E-state index in [1.165, 1.54) is 0 Å². The van der Waals surface area contributed by atoms with Gasteiger partial charge in [-0.15, -0.1) is 0 Å². The Balaban J connectivity index is 1.83. The monoisotopic (exact) mass is 376 g/mol. The summed E-state index contributed by atoms with van der Waals surface area (Å²) < 4.78 is 11.0. The summed E-state index contributed by atoms with van der Waals surface area (Å²) in [7, 11) is 1.59. The molecule has 0 spiro atoms. The van der Waals surface area contributed by atoms with Gasteiger partial charge in [-0.1, -0.05) is 43.1 Å². The number of rotatable bonds is 9. The van der Waals surface area contributed by atoms with Crippen LogP contribution in [0.15, 0.2) is 48.5 Å². The van der Waals surface area contributed by atoms with Crippen LogP contribution in [0.5, 0.6) is 5.75 Å². The second kappa shape index (κ2) is 10.7. The lowest BCUT2D eigenvalue weighted by Gasteiger charge is -2.18. The summed E-state index contributed by atoms with van der Waals surface area (Å²) in [4.78, 5) is 12.1. The molecule has 0 aliphatic carbocycles. The number of hydrogen-bond donors (Lipinski definition) is 2. The smallest absolute Gasteiger partial charge is 0.319 e. The number of nitrogens with one attached hydrogen (secondary N) is 2. The molecule has 0 aromatic heterocycles.